The Kier molecular flexibility index (Phi) is 6.38. The number of nitrogens with one attached hydrogen (secondary N) is 1. The van der Waals surface area contributed by atoms with Gasteiger partial charge in [-0.3, -0.25) is 13.9 Å². The molecule has 13 nitrogen and oxygen atoms in total. The van der Waals surface area contributed by atoms with Crippen LogP contribution in [-0.2, 0) is 29.8 Å². The normalized spacial score (nSPS) is 20.7. The second-order valence-corrected chi connectivity index (χ2v) is 7.50. The third kappa shape index (κ3) is 3.50. The Balaban J connectivity index is 6.91. The minimum Gasteiger partial charge on any atom is -0.394 e. The Morgan fingerprint density at radius 3 is 1.74 bits per heavy atom. The van der Waals surface area contributed by atoms with Gasteiger partial charge in [0, 0.05) is 6.92 Å². The van der Waals surface area contributed by atoms with Gasteiger partial charge in [0.05, 0.1) is 6.61 Å². The maximum Gasteiger partial charge on any atom is 0.302 e. The fourth-order valence-corrected chi connectivity index (χ4v) is 4.22. The molecule has 7 N–H and O–H groups in total. The molecule has 0 aliphatic heterocycles. The SMILES string of the molecule is CC(=O)N[C@@H](C=O)[C@@](O)([C@@](O)([C@H](O)CO)S(=O)(=O)O)S(=O)(=O)O. The molecular formula is C8H15NO12S2. The van der Waals surface area contributed by atoms with Gasteiger partial charge in [0.25, 0.3) is 9.87 Å². The zero-order chi connectivity index (χ0) is 18.9. The molecule has 0 saturated carbocycles. The molecule has 0 aliphatic rings. The number of aliphatic hydroxyl groups is 4. The summed E-state index contributed by atoms with van der Waals surface area (Å²) in [6.45, 7) is -1.05. The van der Waals surface area contributed by atoms with Crippen LogP contribution in [0, 0.1) is 0 Å². The van der Waals surface area contributed by atoms with Crippen molar-refractivity contribution in [1.29, 1.82) is 0 Å². The summed E-state index contributed by atoms with van der Waals surface area (Å²) < 4.78 is 63.6. The number of carbonyl (C=O) groups is 2. The molecule has 0 aliphatic carbocycles. The number of rotatable bonds is 8. The van der Waals surface area contributed by atoms with E-state index in [0.717, 1.165) is 0 Å². The number of aliphatic hydroxyl groups excluding tert-OH is 2. The number of hydrogen-bond donors (Lipinski definition) is 7. The lowest BCUT2D eigenvalue weighted by Gasteiger charge is -2.42. The van der Waals surface area contributed by atoms with E-state index in [9.17, 15) is 41.7 Å². The minimum absolute atomic E-state index is 0.588. The van der Waals surface area contributed by atoms with Crippen LogP contribution >= 0.6 is 0 Å². The standard InChI is InChI=1S/C8H15NO12S2/c1-4(12)9-5(2-10)7(14,22(16,17)18)8(15,6(13)3-11)23(19,20)21/h2,5-6,11,13-15H,3H2,1H3,(H,9,12)(H,16,17,18)(H,19,20,21)/t5-,6+,7-,8+/m0/s1. The first kappa shape index (κ1) is 21.8. The van der Waals surface area contributed by atoms with Crippen LogP contribution in [0.4, 0.5) is 0 Å². The van der Waals surface area contributed by atoms with Crippen molar-refractivity contribution in [3.8, 4) is 0 Å². The van der Waals surface area contributed by atoms with Gasteiger partial charge in [0.1, 0.15) is 18.4 Å². The molecule has 23 heavy (non-hydrogen) atoms. The van der Waals surface area contributed by atoms with Crippen LogP contribution in [0.2, 0.25) is 0 Å². The summed E-state index contributed by atoms with van der Waals surface area (Å²) in [5, 5.41) is 39.6. The van der Waals surface area contributed by atoms with Crippen LogP contribution in [0.5, 0.6) is 0 Å². The van der Waals surface area contributed by atoms with Crippen LogP contribution in [0.3, 0.4) is 0 Å². The Morgan fingerprint density at radius 1 is 1.13 bits per heavy atom. The highest BCUT2D eigenvalue weighted by Gasteiger charge is 2.73. The lowest BCUT2D eigenvalue weighted by molar-refractivity contribution is -0.150. The van der Waals surface area contributed by atoms with Gasteiger partial charge in [0.2, 0.25) is 5.91 Å². The lowest BCUT2D eigenvalue weighted by Crippen LogP contribution is -2.76. The van der Waals surface area contributed by atoms with Crippen LogP contribution in [0.25, 0.3) is 0 Å². The second-order valence-electron chi connectivity index (χ2n) is 4.36. The summed E-state index contributed by atoms with van der Waals surface area (Å²) in [6.07, 6.45) is -3.70. The average molecular weight is 381 g/mol. The van der Waals surface area contributed by atoms with Gasteiger partial charge >= 0.3 is 20.2 Å². The smallest absolute Gasteiger partial charge is 0.302 e. The van der Waals surface area contributed by atoms with Crippen LogP contribution < -0.4 is 5.32 Å². The summed E-state index contributed by atoms with van der Waals surface area (Å²) in [6, 6.07) is -2.86. The van der Waals surface area contributed by atoms with Gasteiger partial charge < -0.3 is 30.5 Å². The maximum absolute atomic E-state index is 11.4. The fraction of sp³-hybridized carbons (Fsp3) is 0.750. The summed E-state index contributed by atoms with van der Waals surface area (Å²) in [4.78, 5) is 12.7. The molecule has 4 atom stereocenters. The molecule has 0 heterocycles. The summed E-state index contributed by atoms with van der Waals surface area (Å²) >= 11 is 0. The fourth-order valence-electron chi connectivity index (χ4n) is 1.73. The first-order valence-electron chi connectivity index (χ1n) is 5.51. The molecule has 1 amide bonds. The number of amides is 1. The van der Waals surface area contributed by atoms with Crippen molar-refractivity contribution in [3.63, 3.8) is 0 Å². The van der Waals surface area contributed by atoms with Crippen LogP contribution in [-0.4, -0.2) is 87.2 Å². The third-order valence-corrected chi connectivity index (χ3v) is 5.69. The molecule has 0 unspecified atom stereocenters. The van der Waals surface area contributed by atoms with E-state index in [1.54, 1.807) is 0 Å². The molecule has 136 valence electrons. The summed E-state index contributed by atoms with van der Waals surface area (Å²) in [7, 11) is -12.3. The van der Waals surface area contributed by atoms with E-state index in [-0.39, 0.29) is 0 Å². The van der Waals surface area contributed by atoms with Crippen molar-refractivity contribution < 1.29 is 56.0 Å². The minimum atomic E-state index is -6.17. The zero-order valence-electron chi connectivity index (χ0n) is 11.4. The predicted octanol–water partition coefficient (Wildman–Crippen LogP) is -4.80. The Morgan fingerprint density at radius 2 is 1.52 bits per heavy atom. The second kappa shape index (κ2) is 6.73. The van der Waals surface area contributed by atoms with Gasteiger partial charge in [-0.2, -0.15) is 16.8 Å². The van der Waals surface area contributed by atoms with Crippen LogP contribution in [0.15, 0.2) is 0 Å². The number of aldehydes is 1. The van der Waals surface area contributed by atoms with Gasteiger partial charge in [-0.05, 0) is 0 Å². The molecule has 0 aromatic carbocycles. The lowest BCUT2D eigenvalue weighted by atomic mass is 10.00. The van der Waals surface area contributed by atoms with E-state index >= 15 is 0 Å². The molecular weight excluding hydrogens is 366 g/mol. The Labute approximate surface area is 130 Å². The maximum atomic E-state index is 11.4. The van der Waals surface area contributed by atoms with E-state index in [2.05, 4.69) is 0 Å². The van der Waals surface area contributed by atoms with Gasteiger partial charge in [-0.1, -0.05) is 0 Å². The molecule has 0 radical (unpaired) electrons. The van der Waals surface area contributed by atoms with Crippen molar-refractivity contribution in [2.75, 3.05) is 6.61 Å². The zero-order valence-corrected chi connectivity index (χ0v) is 13.0. The third-order valence-electron chi connectivity index (χ3n) is 2.84. The summed E-state index contributed by atoms with van der Waals surface area (Å²) in [5.41, 5.74) is 0. The molecule has 0 saturated heterocycles. The molecule has 0 rings (SSSR count). The average Bonchev–Trinajstić information content (AvgIpc) is 2.39. The number of hydrogen-bond acceptors (Lipinski definition) is 10. The monoisotopic (exact) mass is 381 g/mol. The van der Waals surface area contributed by atoms with E-state index in [4.69, 9.17) is 14.2 Å². The first-order valence-corrected chi connectivity index (χ1v) is 8.39. The predicted molar refractivity (Wildman–Crippen MR) is 69.8 cm³/mol. The van der Waals surface area contributed by atoms with Gasteiger partial charge in [0.15, 0.2) is 0 Å². The topological polar surface area (TPSA) is 236 Å². The van der Waals surface area contributed by atoms with E-state index in [0.29, 0.717) is 6.92 Å². The van der Waals surface area contributed by atoms with Gasteiger partial charge in [-0.15, -0.1) is 0 Å². The van der Waals surface area contributed by atoms with Crippen molar-refractivity contribution in [3.05, 3.63) is 0 Å². The van der Waals surface area contributed by atoms with Gasteiger partial charge in [-0.25, -0.2) is 0 Å². The van der Waals surface area contributed by atoms with E-state index in [1.807, 2.05) is 0 Å². The Bertz CT molecular complexity index is 671. The van der Waals surface area contributed by atoms with Crippen molar-refractivity contribution in [2.45, 2.75) is 28.9 Å². The molecule has 0 fully saturated rings. The van der Waals surface area contributed by atoms with E-state index < -0.39 is 61.0 Å². The van der Waals surface area contributed by atoms with E-state index in [1.165, 1.54) is 5.32 Å². The molecule has 0 spiro atoms. The summed E-state index contributed by atoms with van der Waals surface area (Å²) in [5.74, 6) is -1.22. The van der Waals surface area contributed by atoms with Crippen molar-refractivity contribution in [1.82, 2.24) is 5.32 Å². The highest BCUT2D eigenvalue weighted by molar-refractivity contribution is 7.91. The number of carbonyl (C=O) groups excluding carboxylic acids is 2. The molecule has 0 aromatic heterocycles. The largest absolute Gasteiger partial charge is 0.394 e. The first-order chi connectivity index (χ1) is 10.1. The molecule has 0 aromatic rings. The van der Waals surface area contributed by atoms with Crippen molar-refractivity contribution in [2.24, 2.45) is 0 Å². The van der Waals surface area contributed by atoms with Crippen molar-refractivity contribution >= 4 is 32.4 Å². The molecule has 15 heteroatoms. The Hall–Kier alpha value is -1.20. The molecule has 0 bridgehead atoms. The van der Waals surface area contributed by atoms with Crippen LogP contribution in [0.1, 0.15) is 6.92 Å². The highest BCUT2D eigenvalue weighted by Crippen LogP contribution is 2.37. The highest BCUT2D eigenvalue weighted by atomic mass is 32.2. The quantitative estimate of drug-likeness (QED) is 0.155.